The van der Waals surface area contributed by atoms with Crippen LogP contribution < -0.4 is 10.1 Å². The van der Waals surface area contributed by atoms with Crippen LogP contribution in [0.25, 0.3) is 0 Å². The number of likely N-dealkylation sites (N-methyl/N-ethyl adjacent to an activating group) is 1. The SMILES string of the molecule is COc1c(C)cnc(CN2CCC(N(C)CC(=O)NC3CCCC3)CC2)c1C. The van der Waals surface area contributed by atoms with Crippen LogP contribution in [0.1, 0.15) is 55.3 Å². The molecule has 6 heteroatoms. The van der Waals surface area contributed by atoms with E-state index in [4.69, 9.17) is 4.74 Å². The second-order valence-corrected chi connectivity index (χ2v) is 8.52. The minimum atomic E-state index is 0.184. The number of nitrogens with one attached hydrogen (secondary N) is 1. The molecule has 1 aliphatic heterocycles. The molecule has 1 amide bonds. The van der Waals surface area contributed by atoms with Gasteiger partial charge < -0.3 is 10.1 Å². The molecule has 0 spiro atoms. The first-order valence-electron chi connectivity index (χ1n) is 10.7. The maximum atomic E-state index is 12.3. The van der Waals surface area contributed by atoms with Crippen LogP contribution >= 0.6 is 0 Å². The topological polar surface area (TPSA) is 57.7 Å². The monoisotopic (exact) mass is 388 g/mol. The van der Waals surface area contributed by atoms with Gasteiger partial charge in [-0.05, 0) is 46.6 Å². The molecule has 28 heavy (non-hydrogen) atoms. The minimum absolute atomic E-state index is 0.184. The van der Waals surface area contributed by atoms with Crippen molar-refractivity contribution < 1.29 is 9.53 Å². The van der Waals surface area contributed by atoms with E-state index in [2.05, 4.69) is 34.1 Å². The molecular weight excluding hydrogens is 352 g/mol. The third-order valence-electron chi connectivity index (χ3n) is 6.42. The molecule has 0 unspecified atom stereocenters. The first-order valence-corrected chi connectivity index (χ1v) is 10.7. The van der Waals surface area contributed by atoms with Crippen molar-refractivity contribution in [2.24, 2.45) is 0 Å². The van der Waals surface area contributed by atoms with Gasteiger partial charge in [0, 0.05) is 49.0 Å². The molecule has 0 bridgehead atoms. The van der Waals surface area contributed by atoms with Crippen LogP contribution in [-0.2, 0) is 11.3 Å². The largest absolute Gasteiger partial charge is 0.496 e. The summed E-state index contributed by atoms with van der Waals surface area (Å²) in [5, 5.41) is 3.20. The van der Waals surface area contributed by atoms with E-state index < -0.39 is 0 Å². The third-order valence-corrected chi connectivity index (χ3v) is 6.42. The first-order chi connectivity index (χ1) is 13.5. The van der Waals surface area contributed by atoms with Crippen molar-refractivity contribution in [1.82, 2.24) is 20.1 Å². The Morgan fingerprint density at radius 3 is 2.57 bits per heavy atom. The van der Waals surface area contributed by atoms with Gasteiger partial charge >= 0.3 is 0 Å². The Bertz CT molecular complexity index is 665. The van der Waals surface area contributed by atoms with Gasteiger partial charge in [0.05, 0.1) is 19.3 Å². The fraction of sp³-hybridized carbons (Fsp3) is 0.727. The zero-order valence-corrected chi connectivity index (χ0v) is 18.0. The lowest BCUT2D eigenvalue weighted by atomic mass is 10.0. The van der Waals surface area contributed by atoms with E-state index >= 15 is 0 Å². The van der Waals surface area contributed by atoms with Crippen LogP contribution in [0.2, 0.25) is 0 Å². The van der Waals surface area contributed by atoms with Crippen molar-refractivity contribution in [1.29, 1.82) is 0 Å². The lowest BCUT2D eigenvalue weighted by molar-refractivity contribution is -0.123. The Kier molecular flexibility index (Phi) is 7.30. The lowest BCUT2D eigenvalue weighted by Gasteiger charge is -2.36. The van der Waals surface area contributed by atoms with Gasteiger partial charge in [-0.25, -0.2) is 0 Å². The van der Waals surface area contributed by atoms with Gasteiger partial charge in [0.15, 0.2) is 0 Å². The van der Waals surface area contributed by atoms with E-state index in [0.29, 0.717) is 18.6 Å². The third kappa shape index (κ3) is 5.23. The van der Waals surface area contributed by atoms with Gasteiger partial charge in [0.25, 0.3) is 0 Å². The van der Waals surface area contributed by atoms with Gasteiger partial charge in [0.2, 0.25) is 5.91 Å². The molecule has 0 aromatic carbocycles. The van der Waals surface area contributed by atoms with Gasteiger partial charge in [-0.15, -0.1) is 0 Å². The molecule has 1 aliphatic carbocycles. The number of nitrogens with zero attached hydrogens (tertiary/aromatic N) is 3. The van der Waals surface area contributed by atoms with Gasteiger partial charge in [-0.1, -0.05) is 12.8 Å². The van der Waals surface area contributed by atoms with Crippen LogP contribution in [-0.4, -0.2) is 66.6 Å². The molecule has 2 fully saturated rings. The Morgan fingerprint density at radius 1 is 1.25 bits per heavy atom. The highest BCUT2D eigenvalue weighted by Gasteiger charge is 2.25. The number of pyridine rings is 1. The molecule has 1 aromatic rings. The van der Waals surface area contributed by atoms with Crippen LogP contribution in [0.15, 0.2) is 6.20 Å². The van der Waals surface area contributed by atoms with Crippen molar-refractivity contribution in [3.8, 4) is 5.75 Å². The molecule has 2 aliphatic rings. The normalized spacial score (nSPS) is 19.3. The van der Waals surface area contributed by atoms with Crippen molar-refractivity contribution in [2.45, 2.75) is 71.0 Å². The number of hydrogen-bond acceptors (Lipinski definition) is 5. The van der Waals surface area contributed by atoms with Gasteiger partial charge in [-0.3, -0.25) is 19.6 Å². The standard InChI is InChI=1S/C22H36N4O2/c1-16-13-23-20(17(2)22(16)28-4)14-26-11-9-19(10-12-26)25(3)15-21(27)24-18-7-5-6-8-18/h13,18-19H,5-12,14-15H2,1-4H3,(H,24,27). The molecule has 1 aromatic heterocycles. The number of aryl methyl sites for hydroxylation is 1. The molecule has 0 radical (unpaired) electrons. The second kappa shape index (κ2) is 9.70. The summed E-state index contributed by atoms with van der Waals surface area (Å²) in [7, 11) is 3.81. The number of aromatic nitrogens is 1. The van der Waals surface area contributed by atoms with E-state index in [1.807, 2.05) is 13.1 Å². The molecule has 1 saturated heterocycles. The predicted molar refractivity (Wildman–Crippen MR) is 112 cm³/mol. The summed E-state index contributed by atoms with van der Waals surface area (Å²) in [5.41, 5.74) is 3.33. The van der Waals surface area contributed by atoms with Crippen LogP contribution in [0.3, 0.4) is 0 Å². The zero-order chi connectivity index (χ0) is 20.1. The van der Waals surface area contributed by atoms with Crippen molar-refractivity contribution in [3.63, 3.8) is 0 Å². The molecule has 2 heterocycles. The van der Waals surface area contributed by atoms with E-state index in [1.54, 1.807) is 7.11 Å². The van der Waals surface area contributed by atoms with Crippen LogP contribution in [0.4, 0.5) is 0 Å². The zero-order valence-electron chi connectivity index (χ0n) is 18.0. The maximum absolute atomic E-state index is 12.3. The number of piperidine rings is 1. The maximum Gasteiger partial charge on any atom is 0.234 e. The van der Waals surface area contributed by atoms with Crippen molar-refractivity contribution >= 4 is 5.91 Å². The number of hydrogen-bond donors (Lipinski definition) is 1. The summed E-state index contributed by atoms with van der Waals surface area (Å²) in [4.78, 5) is 21.6. The highest BCUT2D eigenvalue weighted by molar-refractivity contribution is 5.78. The van der Waals surface area contributed by atoms with Crippen LogP contribution in [0.5, 0.6) is 5.75 Å². The number of likely N-dealkylation sites (tertiary alicyclic amines) is 1. The second-order valence-electron chi connectivity index (χ2n) is 8.52. The lowest BCUT2D eigenvalue weighted by Crippen LogP contribution is -2.47. The quantitative estimate of drug-likeness (QED) is 0.778. The Labute approximate surface area is 169 Å². The average Bonchev–Trinajstić information content (AvgIpc) is 3.18. The number of rotatable bonds is 7. The highest BCUT2D eigenvalue weighted by atomic mass is 16.5. The molecule has 0 atom stereocenters. The Morgan fingerprint density at radius 2 is 1.93 bits per heavy atom. The number of carbonyl (C=O) groups excluding carboxylic acids is 1. The Balaban J connectivity index is 1.45. The minimum Gasteiger partial charge on any atom is -0.496 e. The predicted octanol–water partition coefficient (Wildman–Crippen LogP) is 2.66. The summed E-state index contributed by atoms with van der Waals surface area (Å²) in [6.07, 6.45) is 8.88. The van der Waals surface area contributed by atoms with Crippen molar-refractivity contribution in [2.75, 3.05) is 33.8 Å². The number of amides is 1. The molecular formula is C22H36N4O2. The fourth-order valence-electron chi connectivity index (χ4n) is 4.66. The summed E-state index contributed by atoms with van der Waals surface area (Å²) in [6.45, 7) is 7.58. The van der Waals surface area contributed by atoms with Gasteiger partial charge in [0.1, 0.15) is 5.75 Å². The van der Waals surface area contributed by atoms with E-state index in [9.17, 15) is 4.79 Å². The smallest absolute Gasteiger partial charge is 0.234 e. The van der Waals surface area contributed by atoms with E-state index in [0.717, 1.165) is 67.9 Å². The Hall–Kier alpha value is -1.66. The summed E-state index contributed by atoms with van der Waals surface area (Å²) >= 11 is 0. The highest BCUT2D eigenvalue weighted by Crippen LogP contribution is 2.26. The molecule has 3 rings (SSSR count). The molecule has 1 N–H and O–H groups in total. The number of ether oxygens (including phenoxy) is 1. The fourth-order valence-corrected chi connectivity index (χ4v) is 4.66. The van der Waals surface area contributed by atoms with E-state index in [1.165, 1.54) is 12.8 Å². The van der Waals surface area contributed by atoms with E-state index in [-0.39, 0.29) is 5.91 Å². The molecule has 1 saturated carbocycles. The summed E-state index contributed by atoms with van der Waals surface area (Å²) in [5.74, 6) is 1.14. The molecule has 156 valence electrons. The van der Waals surface area contributed by atoms with Crippen LogP contribution in [0, 0.1) is 13.8 Å². The van der Waals surface area contributed by atoms with Crippen molar-refractivity contribution in [3.05, 3.63) is 23.0 Å². The summed E-state index contributed by atoms with van der Waals surface area (Å²) < 4.78 is 5.54. The average molecular weight is 389 g/mol. The summed E-state index contributed by atoms with van der Waals surface area (Å²) in [6, 6.07) is 0.886. The molecule has 6 nitrogen and oxygen atoms in total. The number of carbonyl (C=O) groups is 1. The van der Waals surface area contributed by atoms with Gasteiger partial charge in [-0.2, -0.15) is 0 Å². The number of methoxy groups -OCH3 is 1. The first kappa shape index (κ1) is 21.1.